The van der Waals surface area contributed by atoms with E-state index in [-0.39, 0.29) is 0 Å². The van der Waals surface area contributed by atoms with Crippen molar-refractivity contribution in [2.45, 2.75) is 12.8 Å². The summed E-state index contributed by atoms with van der Waals surface area (Å²) in [5, 5.41) is 9.18. The molecule has 0 fully saturated rings. The van der Waals surface area contributed by atoms with Crippen molar-refractivity contribution in [2.75, 3.05) is 0 Å². The molecule has 1 aromatic rings. The van der Waals surface area contributed by atoms with Gasteiger partial charge in [0.05, 0.1) is 0 Å². The topological polar surface area (TPSA) is 77.8 Å². The predicted octanol–water partition coefficient (Wildman–Crippen LogP) is 1.59. The Bertz CT molecular complexity index is 393. The van der Waals surface area contributed by atoms with Gasteiger partial charge in [0.25, 0.3) is 0 Å². The van der Waals surface area contributed by atoms with Crippen molar-refractivity contribution in [3.63, 3.8) is 0 Å². The van der Waals surface area contributed by atoms with Crippen LogP contribution in [-0.4, -0.2) is 20.7 Å². The molecule has 15 heavy (non-hydrogen) atoms. The van der Waals surface area contributed by atoms with Crippen molar-refractivity contribution in [3.8, 4) is 0 Å². The van der Waals surface area contributed by atoms with Gasteiger partial charge in [-0.15, -0.1) is 0 Å². The molecule has 0 amide bonds. The van der Waals surface area contributed by atoms with E-state index in [0.717, 1.165) is 11.6 Å². The molecule has 0 aliphatic carbocycles. The molecule has 0 aliphatic heterocycles. The number of aliphatic hydroxyl groups is 1. The highest BCUT2D eigenvalue weighted by atomic mass is 31.2. The third-order valence-electron chi connectivity index (χ3n) is 1.97. The molecule has 0 saturated heterocycles. The SMILES string of the molecule is C/C(=C\C(O)P(=O)(O)O)c1ccccc1. The van der Waals surface area contributed by atoms with Crippen LogP contribution in [0.25, 0.3) is 5.57 Å². The molecule has 0 aliphatic rings. The lowest BCUT2D eigenvalue weighted by molar-refractivity contribution is 0.239. The van der Waals surface area contributed by atoms with E-state index < -0.39 is 13.4 Å². The Morgan fingerprint density at radius 1 is 1.33 bits per heavy atom. The average molecular weight is 228 g/mol. The van der Waals surface area contributed by atoms with E-state index >= 15 is 0 Å². The van der Waals surface area contributed by atoms with Crippen molar-refractivity contribution >= 4 is 13.2 Å². The van der Waals surface area contributed by atoms with Crippen LogP contribution in [-0.2, 0) is 4.57 Å². The number of allylic oxidation sites excluding steroid dienone is 1. The molecule has 0 bridgehead atoms. The highest BCUT2D eigenvalue weighted by Crippen LogP contribution is 2.41. The number of hydrogen-bond acceptors (Lipinski definition) is 2. The summed E-state index contributed by atoms with van der Waals surface area (Å²) < 4.78 is 10.7. The summed E-state index contributed by atoms with van der Waals surface area (Å²) in [7, 11) is -4.45. The lowest BCUT2D eigenvalue weighted by Crippen LogP contribution is -2.03. The fourth-order valence-corrected chi connectivity index (χ4v) is 1.54. The van der Waals surface area contributed by atoms with E-state index in [1.54, 1.807) is 19.1 Å². The molecule has 0 saturated carbocycles. The second kappa shape index (κ2) is 4.73. The van der Waals surface area contributed by atoms with E-state index in [9.17, 15) is 9.67 Å². The summed E-state index contributed by atoms with van der Waals surface area (Å²) in [5.74, 6) is -1.74. The molecule has 1 rings (SSSR count). The second-order valence-electron chi connectivity index (χ2n) is 3.22. The molecule has 1 unspecified atom stereocenters. The highest BCUT2D eigenvalue weighted by Gasteiger charge is 2.23. The fourth-order valence-electron chi connectivity index (χ4n) is 1.12. The average Bonchev–Trinajstić information content (AvgIpc) is 2.17. The maximum Gasteiger partial charge on any atom is 0.357 e. The third-order valence-corrected chi connectivity index (χ3v) is 2.81. The van der Waals surface area contributed by atoms with Crippen LogP contribution in [0.2, 0.25) is 0 Å². The largest absolute Gasteiger partial charge is 0.377 e. The van der Waals surface area contributed by atoms with Gasteiger partial charge >= 0.3 is 7.60 Å². The van der Waals surface area contributed by atoms with Gasteiger partial charge in [-0.1, -0.05) is 30.3 Å². The Morgan fingerprint density at radius 3 is 2.33 bits per heavy atom. The van der Waals surface area contributed by atoms with Crippen molar-refractivity contribution < 1.29 is 19.5 Å². The zero-order valence-electron chi connectivity index (χ0n) is 8.24. The van der Waals surface area contributed by atoms with Crippen LogP contribution in [0.1, 0.15) is 12.5 Å². The minimum absolute atomic E-state index is 0.631. The van der Waals surface area contributed by atoms with Crippen molar-refractivity contribution in [2.24, 2.45) is 0 Å². The van der Waals surface area contributed by atoms with Gasteiger partial charge in [0, 0.05) is 0 Å². The van der Waals surface area contributed by atoms with Crippen LogP contribution in [0.5, 0.6) is 0 Å². The summed E-state index contributed by atoms with van der Waals surface area (Å²) in [4.78, 5) is 17.4. The maximum absolute atomic E-state index is 10.7. The summed E-state index contributed by atoms with van der Waals surface area (Å²) in [5.41, 5.74) is 1.46. The van der Waals surface area contributed by atoms with Gasteiger partial charge in [0.15, 0.2) is 5.85 Å². The molecule has 1 aromatic carbocycles. The van der Waals surface area contributed by atoms with Gasteiger partial charge in [0.1, 0.15) is 0 Å². The summed E-state index contributed by atoms with van der Waals surface area (Å²) in [6.07, 6.45) is 1.16. The Morgan fingerprint density at radius 2 is 1.87 bits per heavy atom. The molecule has 4 nitrogen and oxygen atoms in total. The second-order valence-corrected chi connectivity index (χ2v) is 4.93. The van der Waals surface area contributed by atoms with Gasteiger partial charge in [-0.2, -0.15) is 0 Å². The lowest BCUT2D eigenvalue weighted by Gasteiger charge is -2.09. The van der Waals surface area contributed by atoms with Crippen LogP contribution >= 0.6 is 7.60 Å². The summed E-state index contributed by atoms with van der Waals surface area (Å²) in [6, 6.07) is 9.08. The zero-order valence-corrected chi connectivity index (χ0v) is 9.13. The molecular formula is C10H13O4P. The first-order chi connectivity index (χ1) is 6.91. The van der Waals surface area contributed by atoms with Crippen molar-refractivity contribution in [3.05, 3.63) is 42.0 Å². The highest BCUT2D eigenvalue weighted by molar-refractivity contribution is 7.52. The van der Waals surface area contributed by atoms with E-state index in [2.05, 4.69) is 0 Å². The number of aliphatic hydroxyl groups excluding tert-OH is 1. The van der Waals surface area contributed by atoms with Crippen LogP contribution in [0.15, 0.2) is 36.4 Å². The Hall–Kier alpha value is -0.930. The van der Waals surface area contributed by atoms with Crippen LogP contribution in [0.3, 0.4) is 0 Å². The molecular weight excluding hydrogens is 215 g/mol. The van der Waals surface area contributed by atoms with Crippen LogP contribution in [0.4, 0.5) is 0 Å². The molecule has 1 atom stereocenters. The van der Waals surface area contributed by atoms with E-state index in [4.69, 9.17) is 9.79 Å². The fraction of sp³-hybridized carbons (Fsp3) is 0.200. The normalized spacial score (nSPS) is 15.1. The van der Waals surface area contributed by atoms with Crippen LogP contribution in [0, 0.1) is 0 Å². The van der Waals surface area contributed by atoms with Crippen molar-refractivity contribution in [1.29, 1.82) is 0 Å². The first kappa shape index (κ1) is 12.1. The number of benzene rings is 1. The lowest BCUT2D eigenvalue weighted by atomic mass is 10.1. The van der Waals surface area contributed by atoms with E-state index in [1.165, 1.54) is 0 Å². The van der Waals surface area contributed by atoms with Gasteiger partial charge in [0.2, 0.25) is 0 Å². The first-order valence-corrected chi connectivity index (χ1v) is 6.06. The minimum Gasteiger partial charge on any atom is -0.377 e. The molecule has 3 N–H and O–H groups in total. The molecule has 82 valence electrons. The molecule has 0 aromatic heterocycles. The zero-order chi connectivity index (χ0) is 11.5. The van der Waals surface area contributed by atoms with E-state index in [0.29, 0.717) is 5.57 Å². The van der Waals surface area contributed by atoms with E-state index in [1.807, 2.05) is 18.2 Å². The quantitative estimate of drug-likeness (QED) is 0.686. The summed E-state index contributed by atoms with van der Waals surface area (Å²) >= 11 is 0. The monoisotopic (exact) mass is 228 g/mol. The van der Waals surface area contributed by atoms with Gasteiger partial charge in [-0.3, -0.25) is 4.57 Å². The Labute approximate surface area is 88.0 Å². The minimum atomic E-state index is -4.45. The predicted molar refractivity (Wildman–Crippen MR) is 58.1 cm³/mol. The summed E-state index contributed by atoms with van der Waals surface area (Å²) in [6.45, 7) is 1.69. The Balaban J connectivity index is 2.91. The smallest absolute Gasteiger partial charge is 0.357 e. The maximum atomic E-state index is 10.7. The third kappa shape index (κ3) is 3.61. The molecule has 0 heterocycles. The number of rotatable bonds is 3. The van der Waals surface area contributed by atoms with Gasteiger partial charge < -0.3 is 14.9 Å². The standard InChI is InChI=1S/C10H13O4P/c1-8(7-10(11)15(12,13)14)9-5-3-2-4-6-9/h2-7,10-11H,1H3,(H2,12,13,14)/b8-7+. The first-order valence-electron chi connectivity index (χ1n) is 4.38. The van der Waals surface area contributed by atoms with Gasteiger partial charge in [-0.25, -0.2) is 0 Å². The Kier molecular flexibility index (Phi) is 3.83. The number of hydrogen-bond donors (Lipinski definition) is 3. The molecule has 0 spiro atoms. The van der Waals surface area contributed by atoms with Crippen LogP contribution < -0.4 is 0 Å². The van der Waals surface area contributed by atoms with Crippen molar-refractivity contribution in [1.82, 2.24) is 0 Å². The molecule has 0 radical (unpaired) electrons. The van der Waals surface area contributed by atoms with Gasteiger partial charge in [-0.05, 0) is 24.1 Å². The molecule has 5 heteroatoms.